The number of ether oxygens (including phenoxy) is 1. The highest BCUT2D eigenvalue weighted by atomic mass is 16.5. The molecule has 1 rings (SSSR count). The maximum Gasteiger partial charge on any atom is 0.323 e. The summed E-state index contributed by atoms with van der Waals surface area (Å²) < 4.78 is 5.29. The van der Waals surface area contributed by atoms with E-state index in [0.29, 0.717) is 25.9 Å². The normalized spacial score (nSPS) is 18.6. The van der Waals surface area contributed by atoms with Gasteiger partial charge >= 0.3 is 6.03 Å². The Morgan fingerprint density at radius 3 is 2.54 bits per heavy atom. The Kier molecular flexibility index (Phi) is 3.54. The van der Waals surface area contributed by atoms with Crippen LogP contribution in [0.15, 0.2) is 0 Å². The number of carbonyl (C=O) groups excluding carboxylic acids is 1. The van der Waals surface area contributed by atoms with Crippen LogP contribution in [0.5, 0.6) is 0 Å². The Hall–Kier alpha value is -0.770. The molecule has 4 heteroatoms. The third-order valence-electron chi connectivity index (χ3n) is 2.00. The van der Waals surface area contributed by atoms with Crippen LogP contribution in [0.25, 0.3) is 0 Å². The molecule has 0 aromatic rings. The van der Waals surface area contributed by atoms with Gasteiger partial charge in [-0.15, -0.1) is 0 Å². The molecule has 76 valence electrons. The molecule has 2 amide bonds. The summed E-state index contributed by atoms with van der Waals surface area (Å²) in [6.07, 6.45) is 0. The van der Waals surface area contributed by atoms with Crippen molar-refractivity contribution in [3.63, 3.8) is 0 Å². The van der Waals surface area contributed by atoms with E-state index in [2.05, 4.69) is 13.8 Å². The molecule has 13 heavy (non-hydrogen) atoms. The van der Waals surface area contributed by atoms with Crippen LogP contribution in [0.1, 0.15) is 20.8 Å². The van der Waals surface area contributed by atoms with Crippen molar-refractivity contribution in [3.05, 3.63) is 0 Å². The number of urea groups is 1. The van der Waals surface area contributed by atoms with Gasteiger partial charge in [-0.1, -0.05) is 13.8 Å². The van der Waals surface area contributed by atoms with E-state index in [4.69, 9.17) is 4.74 Å². The van der Waals surface area contributed by atoms with Crippen molar-refractivity contribution in [2.45, 2.75) is 20.8 Å². The molecule has 0 N–H and O–H groups in total. The van der Waals surface area contributed by atoms with Crippen molar-refractivity contribution in [2.24, 2.45) is 5.92 Å². The number of amides is 2. The van der Waals surface area contributed by atoms with Crippen LogP contribution in [-0.2, 0) is 4.74 Å². The predicted octanol–water partition coefficient (Wildman–Crippen LogP) is 1.33. The third-order valence-corrected chi connectivity index (χ3v) is 2.00. The Labute approximate surface area is 79.4 Å². The molecular formula is C9H18N2O2. The topological polar surface area (TPSA) is 32.8 Å². The Morgan fingerprint density at radius 2 is 2.00 bits per heavy atom. The highest BCUT2D eigenvalue weighted by Crippen LogP contribution is 2.08. The maximum atomic E-state index is 11.7. The fraction of sp³-hybridized carbons (Fsp3) is 0.889. The van der Waals surface area contributed by atoms with E-state index in [9.17, 15) is 4.79 Å². The molecular weight excluding hydrogens is 168 g/mol. The van der Waals surface area contributed by atoms with Gasteiger partial charge in [-0.05, 0) is 12.8 Å². The summed E-state index contributed by atoms with van der Waals surface area (Å²) in [6, 6.07) is 0.0995. The number of rotatable bonds is 3. The van der Waals surface area contributed by atoms with Crippen molar-refractivity contribution in [1.29, 1.82) is 0 Å². The van der Waals surface area contributed by atoms with Gasteiger partial charge in [-0.3, -0.25) is 0 Å². The number of hydrogen-bond acceptors (Lipinski definition) is 2. The molecule has 1 heterocycles. The van der Waals surface area contributed by atoms with Gasteiger partial charge in [0.1, 0.15) is 13.5 Å². The maximum absolute atomic E-state index is 11.7. The number of hydrogen-bond donors (Lipinski definition) is 0. The molecule has 0 bridgehead atoms. The van der Waals surface area contributed by atoms with Crippen molar-refractivity contribution in [3.8, 4) is 0 Å². The van der Waals surface area contributed by atoms with Crippen molar-refractivity contribution < 1.29 is 9.53 Å². The van der Waals surface area contributed by atoms with Gasteiger partial charge in [0.2, 0.25) is 0 Å². The summed E-state index contributed by atoms with van der Waals surface area (Å²) in [6.45, 7) is 8.51. The summed E-state index contributed by atoms with van der Waals surface area (Å²) >= 11 is 0. The minimum absolute atomic E-state index is 0.0995. The summed E-state index contributed by atoms with van der Waals surface area (Å²) in [4.78, 5) is 15.1. The molecule has 0 saturated carbocycles. The summed E-state index contributed by atoms with van der Waals surface area (Å²) in [5, 5.41) is 0. The van der Waals surface area contributed by atoms with E-state index in [1.807, 2.05) is 6.92 Å². The second-order valence-corrected chi connectivity index (χ2v) is 3.72. The smallest absolute Gasteiger partial charge is 0.323 e. The number of carbonyl (C=O) groups is 1. The lowest BCUT2D eigenvalue weighted by molar-refractivity contribution is -0.0527. The molecule has 0 atom stereocenters. The molecule has 1 aliphatic rings. The molecule has 0 unspecified atom stereocenters. The number of nitrogens with zero attached hydrogens (tertiary/aromatic N) is 2. The molecule has 0 aliphatic carbocycles. The van der Waals surface area contributed by atoms with Crippen LogP contribution >= 0.6 is 0 Å². The SMILES string of the molecule is CCN1COCN(CC(C)C)C1=O. The zero-order valence-electron chi connectivity index (χ0n) is 8.62. The first-order valence-corrected chi connectivity index (χ1v) is 4.76. The lowest BCUT2D eigenvalue weighted by Crippen LogP contribution is -2.51. The molecule has 1 saturated heterocycles. The lowest BCUT2D eigenvalue weighted by atomic mass is 10.2. The van der Waals surface area contributed by atoms with Crippen molar-refractivity contribution >= 4 is 6.03 Å². The van der Waals surface area contributed by atoms with E-state index in [1.54, 1.807) is 9.80 Å². The van der Waals surface area contributed by atoms with E-state index < -0.39 is 0 Å². The highest BCUT2D eigenvalue weighted by Gasteiger charge is 2.24. The average molecular weight is 186 g/mol. The minimum atomic E-state index is 0.0995. The van der Waals surface area contributed by atoms with Gasteiger partial charge in [0.25, 0.3) is 0 Å². The molecule has 0 aromatic heterocycles. The quantitative estimate of drug-likeness (QED) is 0.666. The van der Waals surface area contributed by atoms with E-state index in [-0.39, 0.29) is 6.03 Å². The van der Waals surface area contributed by atoms with Crippen LogP contribution in [0.2, 0.25) is 0 Å². The Morgan fingerprint density at radius 1 is 1.38 bits per heavy atom. The molecule has 1 fully saturated rings. The van der Waals surface area contributed by atoms with Crippen LogP contribution in [0.3, 0.4) is 0 Å². The fourth-order valence-electron chi connectivity index (χ4n) is 1.37. The second kappa shape index (κ2) is 4.46. The standard InChI is InChI=1S/C9H18N2O2/c1-4-10-6-13-7-11(9(10)12)5-8(2)3/h8H,4-7H2,1-3H3. The molecule has 0 spiro atoms. The second-order valence-electron chi connectivity index (χ2n) is 3.72. The lowest BCUT2D eigenvalue weighted by Gasteiger charge is -2.35. The van der Waals surface area contributed by atoms with Gasteiger partial charge in [0.05, 0.1) is 0 Å². The zero-order valence-corrected chi connectivity index (χ0v) is 8.62. The average Bonchev–Trinajstić information content (AvgIpc) is 2.08. The first-order chi connectivity index (χ1) is 6.15. The Balaban J connectivity index is 2.50. The zero-order chi connectivity index (χ0) is 9.84. The van der Waals surface area contributed by atoms with E-state index in [0.717, 1.165) is 6.54 Å². The Bertz CT molecular complexity index is 182. The summed E-state index contributed by atoms with van der Waals surface area (Å²) in [5.74, 6) is 0.490. The van der Waals surface area contributed by atoms with Gasteiger partial charge < -0.3 is 14.5 Å². The highest BCUT2D eigenvalue weighted by molar-refractivity contribution is 5.74. The van der Waals surface area contributed by atoms with Crippen LogP contribution in [0.4, 0.5) is 4.79 Å². The largest absolute Gasteiger partial charge is 0.341 e. The van der Waals surface area contributed by atoms with Gasteiger partial charge in [0, 0.05) is 13.1 Å². The first-order valence-electron chi connectivity index (χ1n) is 4.76. The van der Waals surface area contributed by atoms with Crippen LogP contribution < -0.4 is 0 Å². The monoisotopic (exact) mass is 186 g/mol. The van der Waals surface area contributed by atoms with Crippen molar-refractivity contribution in [1.82, 2.24) is 9.80 Å². The first kappa shape index (κ1) is 10.3. The predicted molar refractivity (Wildman–Crippen MR) is 50.1 cm³/mol. The van der Waals surface area contributed by atoms with Crippen LogP contribution in [-0.4, -0.2) is 42.4 Å². The molecule has 1 aliphatic heterocycles. The van der Waals surface area contributed by atoms with E-state index in [1.165, 1.54) is 0 Å². The third kappa shape index (κ3) is 2.59. The summed E-state index contributed by atoms with van der Waals surface area (Å²) in [5.41, 5.74) is 0. The molecule has 0 radical (unpaired) electrons. The van der Waals surface area contributed by atoms with Gasteiger partial charge in [-0.25, -0.2) is 4.79 Å². The van der Waals surface area contributed by atoms with E-state index >= 15 is 0 Å². The fourth-order valence-corrected chi connectivity index (χ4v) is 1.37. The van der Waals surface area contributed by atoms with Crippen molar-refractivity contribution in [2.75, 3.05) is 26.6 Å². The van der Waals surface area contributed by atoms with Crippen LogP contribution in [0, 0.1) is 5.92 Å². The minimum Gasteiger partial charge on any atom is -0.341 e. The molecule has 4 nitrogen and oxygen atoms in total. The molecule has 0 aromatic carbocycles. The van der Waals surface area contributed by atoms with Gasteiger partial charge in [0.15, 0.2) is 0 Å². The summed E-state index contributed by atoms with van der Waals surface area (Å²) in [7, 11) is 0. The van der Waals surface area contributed by atoms with Gasteiger partial charge in [-0.2, -0.15) is 0 Å².